The van der Waals surface area contributed by atoms with Crippen molar-refractivity contribution in [3.63, 3.8) is 0 Å². The maximum Gasteiger partial charge on any atom is 0.262 e. The van der Waals surface area contributed by atoms with E-state index >= 15 is 0 Å². The molecule has 0 bridgehead atoms. The second-order valence-corrected chi connectivity index (χ2v) is 9.38. The van der Waals surface area contributed by atoms with E-state index in [2.05, 4.69) is 10.3 Å². The number of nitrogens with one attached hydrogen (secondary N) is 1. The lowest BCUT2D eigenvalue weighted by molar-refractivity contribution is -0.123. The van der Waals surface area contributed by atoms with Crippen LogP contribution in [0.1, 0.15) is 37.6 Å². The van der Waals surface area contributed by atoms with Crippen molar-refractivity contribution in [2.45, 2.75) is 38.9 Å². The number of hydrogen-bond acceptors (Lipinski definition) is 6. The first-order chi connectivity index (χ1) is 15.2. The summed E-state index contributed by atoms with van der Waals surface area (Å²) in [5.41, 5.74) is 1.02. The van der Waals surface area contributed by atoms with Gasteiger partial charge in [-0.3, -0.25) is 19.0 Å². The number of carbonyl (C=O) groups excluding carboxylic acids is 2. The number of thioether (sulfide) groups is 1. The maximum atomic E-state index is 12.9. The van der Waals surface area contributed by atoms with E-state index in [0.717, 1.165) is 0 Å². The third-order valence-corrected chi connectivity index (χ3v) is 5.82. The molecule has 2 aromatic carbocycles. The molecule has 0 aliphatic heterocycles. The van der Waals surface area contributed by atoms with Crippen LogP contribution in [0.3, 0.4) is 0 Å². The van der Waals surface area contributed by atoms with Gasteiger partial charge < -0.3 is 10.4 Å². The number of para-hydroxylation sites is 1. The average molecular weight is 454 g/mol. The monoisotopic (exact) mass is 453 g/mol. The SMILES string of the molecule is CC(C)(C)C(=O)Nc1ccc(C(=O)CSc2nc3ccccc3c(=O)n2CCCO)cc1. The predicted molar refractivity (Wildman–Crippen MR) is 127 cm³/mol. The molecule has 0 fully saturated rings. The number of rotatable bonds is 8. The summed E-state index contributed by atoms with van der Waals surface area (Å²) in [7, 11) is 0. The van der Waals surface area contributed by atoms with Gasteiger partial charge in [-0.2, -0.15) is 0 Å². The van der Waals surface area contributed by atoms with Gasteiger partial charge in [0.15, 0.2) is 10.9 Å². The molecule has 0 aliphatic carbocycles. The fraction of sp³-hybridized carbons (Fsp3) is 0.333. The number of carbonyl (C=O) groups is 2. The highest BCUT2D eigenvalue weighted by molar-refractivity contribution is 7.99. The number of anilines is 1. The van der Waals surface area contributed by atoms with Crippen LogP contribution in [0.4, 0.5) is 5.69 Å². The zero-order valence-electron chi connectivity index (χ0n) is 18.4. The van der Waals surface area contributed by atoms with Crippen LogP contribution in [0.2, 0.25) is 0 Å². The molecule has 0 saturated carbocycles. The largest absolute Gasteiger partial charge is 0.396 e. The van der Waals surface area contributed by atoms with Gasteiger partial charge in [0.25, 0.3) is 5.56 Å². The van der Waals surface area contributed by atoms with Gasteiger partial charge in [0.05, 0.1) is 16.7 Å². The van der Waals surface area contributed by atoms with Crippen molar-refractivity contribution >= 4 is 40.0 Å². The molecule has 32 heavy (non-hydrogen) atoms. The fourth-order valence-electron chi connectivity index (χ4n) is 2.96. The van der Waals surface area contributed by atoms with Crippen molar-refractivity contribution in [2.24, 2.45) is 5.41 Å². The van der Waals surface area contributed by atoms with E-state index in [0.29, 0.717) is 40.3 Å². The summed E-state index contributed by atoms with van der Waals surface area (Å²) in [5, 5.41) is 13.0. The lowest BCUT2D eigenvalue weighted by Gasteiger charge is -2.17. The highest BCUT2D eigenvalue weighted by Gasteiger charge is 2.21. The Morgan fingerprint density at radius 1 is 1.09 bits per heavy atom. The van der Waals surface area contributed by atoms with Gasteiger partial charge in [-0.05, 0) is 42.8 Å². The summed E-state index contributed by atoms with van der Waals surface area (Å²) in [6.45, 7) is 5.78. The Kier molecular flexibility index (Phi) is 7.48. The van der Waals surface area contributed by atoms with Gasteiger partial charge >= 0.3 is 0 Å². The summed E-state index contributed by atoms with van der Waals surface area (Å²) >= 11 is 1.20. The van der Waals surface area contributed by atoms with Gasteiger partial charge in [-0.15, -0.1) is 0 Å². The number of nitrogens with zero attached hydrogens (tertiary/aromatic N) is 2. The van der Waals surface area contributed by atoms with E-state index in [-0.39, 0.29) is 29.6 Å². The number of ketones is 1. The van der Waals surface area contributed by atoms with Gasteiger partial charge in [-0.25, -0.2) is 4.98 Å². The first kappa shape index (κ1) is 23.7. The smallest absolute Gasteiger partial charge is 0.262 e. The normalized spacial score (nSPS) is 11.5. The summed E-state index contributed by atoms with van der Waals surface area (Å²) in [5.74, 6) is -0.104. The molecule has 2 N–H and O–H groups in total. The van der Waals surface area contributed by atoms with E-state index in [9.17, 15) is 19.5 Å². The minimum Gasteiger partial charge on any atom is -0.396 e. The molecule has 1 heterocycles. The van der Waals surface area contributed by atoms with E-state index < -0.39 is 5.41 Å². The lowest BCUT2D eigenvalue weighted by Crippen LogP contribution is -2.27. The van der Waals surface area contributed by atoms with Crippen LogP contribution < -0.4 is 10.9 Å². The molecule has 0 unspecified atom stereocenters. The Morgan fingerprint density at radius 3 is 2.44 bits per heavy atom. The molecule has 0 spiro atoms. The summed E-state index contributed by atoms with van der Waals surface area (Å²) in [6, 6.07) is 13.8. The number of hydrogen-bond donors (Lipinski definition) is 2. The molecule has 0 saturated heterocycles. The van der Waals surface area contributed by atoms with Crippen molar-refractivity contribution in [2.75, 3.05) is 17.7 Å². The maximum absolute atomic E-state index is 12.9. The zero-order chi connectivity index (χ0) is 23.3. The molecule has 7 nitrogen and oxygen atoms in total. The highest BCUT2D eigenvalue weighted by Crippen LogP contribution is 2.21. The zero-order valence-corrected chi connectivity index (χ0v) is 19.2. The van der Waals surface area contributed by atoms with E-state index in [4.69, 9.17) is 0 Å². The Morgan fingerprint density at radius 2 is 1.78 bits per heavy atom. The molecule has 3 aromatic rings. The van der Waals surface area contributed by atoms with Crippen LogP contribution in [0, 0.1) is 5.41 Å². The predicted octanol–water partition coefficient (Wildman–Crippen LogP) is 3.74. The first-order valence-electron chi connectivity index (χ1n) is 10.4. The van der Waals surface area contributed by atoms with Crippen molar-refractivity contribution in [3.8, 4) is 0 Å². The van der Waals surface area contributed by atoms with Crippen molar-refractivity contribution in [1.82, 2.24) is 9.55 Å². The fourth-order valence-corrected chi connectivity index (χ4v) is 3.88. The molecule has 1 aromatic heterocycles. The first-order valence-corrected chi connectivity index (χ1v) is 11.4. The molecule has 168 valence electrons. The number of aliphatic hydroxyl groups is 1. The van der Waals surface area contributed by atoms with Crippen LogP contribution in [0.15, 0.2) is 58.5 Å². The number of amides is 1. The molecule has 1 amide bonds. The third-order valence-electron chi connectivity index (χ3n) is 4.84. The van der Waals surface area contributed by atoms with Crippen LogP contribution in [-0.4, -0.2) is 38.7 Å². The van der Waals surface area contributed by atoms with Gasteiger partial charge in [0.2, 0.25) is 5.91 Å². The van der Waals surface area contributed by atoms with Crippen molar-refractivity contribution in [3.05, 3.63) is 64.4 Å². The summed E-state index contributed by atoms with van der Waals surface area (Å²) in [4.78, 5) is 42.3. The van der Waals surface area contributed by atoms with Crippen LogP contribution in [-0.2, 0) is 11.3 Å². The minimum absolute atomic E-state index is 0.0413. The number of fused-ring (bicyclic) bond motifs is 1. The van der Waals surface area contributed by atoms with Gasteiger partial charge in [-0.1, -0.05) is 44.7 Å². The summed E-state index contributed by atoms with van der Waals surface area (Å²) in [6.07, 6.45) is 0.420. The summed E-state index contributed by atoms with van der Waals surface area (Å²) < 4.78 is 1.52. The Bertz CT molecular complexity index is 1180. The molecule has 0 aliphatic rings. The van der Waals surface area contributed by atoms with E-state index in [1.54, 1.807) is 42.5 Å². The Hall–Kier alpha value is -2.97. The van der Waals surface area contributed by atoms with E-state index in [1.165, 1.54) is 16.3 Å². The topological polar surface area (TPSA) is 101 Å². The quantitative estimate of drug-likeness (QED) is 0.306. The Balaban J connectivity index is 1.75. The highest BCUT2D eigenvalue weighted by atomic mass is 32.2. The molecular formula is C24H27N3O4S. The van der Waals surface area contributed by atoms with Gasteiger partial charge in [0, 0.05) is 29.8 Å². The van der Waals surface area contributed by atoms with Crippen molar-refractivity contribution < 1.29 is 14.7 Å². The van der Waals surface area contributed by atoms with Crippen LogP contribution in [0.5, 0.6) is 0 Å². The molecule has 8 heteroatoms. The standard InChI is InChI=1S/C24H27N3O4S/c1-24(2,3)22(31)25-17-11-9-16(10-12-17)20(29)15-32-23-26-19-8-5-4-7-18(19)21(30)27(23)13-6-14-28/h4-5,7-12,28H,6,13-15H2,1-3H3,(H,25,31). The molecule has 3 rings (SSSR count). The van der Waals surface area contributed by atoms with Crippen LogP contribution in [0.25, 0.3) is 10.9 Å². The van der Waals surface area contributed by atoms with Crippen LogP contribution >= 0.6 is 11.8 Å². The molecule has 0 atom stereocenters. The van der Waals surface area contributed by atoms with E-state index in [1.807, 2.05) is 26.8 Å². The average Bonchev–Trinajstić information content (AvgIpc) is 2.77. The lowest BCUT2D eigenvalue weighted by atomic mass is 9.95. The van der Waals surface area contributed by atoms with Gasteiger partial charge in [0.1, 0.15) is 0 Å². The molecular weight excluding hydrogens is 426 g/mol. The number of aliphatic hydroxyl groups excluding tert-OH is 1. The number of benzene rings is 2. The second-order valence-electron chi connectivity index (χ2n) is 8.44. The molecule has 0 radical (unpaired) electrons. The number of Topliss-reactive ketones (excluding diaryl/α,β-unsaturated/α-hetero) is 1. The Labute approximate surface area is 190 Å². The third kappa shape index (κ3) is 5.63. The second kappa shape index (κ2) is 10.1. The number of aromatic nitrogens is 2. The van der Waals surface area contributed by atoms with Crippen molar-refractivity contribution in [1.29, 1.82) is 0 Å². The minimum atomic E-state index is -0.510.